The average Bonchev–Trinajstić information content (AvgIpc) is 3.17. The van der Waals surface area contributed by atoms with Crippen molar-refractivity contribution in [1.29, 1.82) is 0 Å². The van der Waals surface area contributed by atoms with E-state index in [0.717, 1.165) is 46.4 Å². The molecule has 2 aromatic carbocycles. The van der Waals surface area contributed by atoms with E-state index < -0.39 is 11.4 Å². The first-order valence-corrected chi connectivity index (χ1v) is 9.91. The van der Waals surface area contributed by atoms with Gasteiger partial charge in [-0.25, -0.2) is 4.79 Å². The van der Waals surface area contributed by atoms with Crippen molar-refractivity contribution in [2.24, 2.45) is 0 Å². The summed E-state index contributed by atoms with van der Waals surface area (Å²) in [7, 11) is 0. The predicted molar refractivity (Wildman–Crippen MR) is 110 cm³/mol. The first kappa shape index (κ1) is 18.5. The molecule has 5 rings (SSSR count). The Morgan fingerprint density at radius 3 is 2.60 bits per heavy atom. The highest BCUT2D eigenvalue weighted by Gasteiger charge is 2.50. The number of aromatic carboxylic acids is 1. The summed E-state index contributed by atoms with van der Waals surface area (Å²) in [6.07, 6.45) is 3.69. The van der Waals surface area contributed by atoms with E-state index >= 15 is 0 Å². The molecule has 0 saturated heterocycles. The van der Waals surface area contributed by atoms with Gasteiger partial charge in [-0.2, -0.15) is 0 Å². The Labute approximate surface area is 173 Å². The Hall–Kier alpha value is -3.54. The molecule has 6 nitrogen and oxygen atoms in total. The number of aromatic amines is 1. The summed E-state index contributed by atoms with van der Waals surface area (Å²) in [6.45, 7) is 2.19. The molecule has 152 valence electrons. The second kappa shape index (κ2) is 6.76. The first-order valence-electron chi connectivity index (χ1n) is 9.91. The molecule has 1 fully saturated rings. The standard InChI is InChI=1S/C24H21NO5/c1-14-2-3-15(8-18(14)16-10-19(23(27)28)25-12-16)9-22(26)24(6-7-24)17-4-5-20-21(11-17)30-13-29-20/h2-5,8,10-12,25H,6-7,9,13H2,1H3,(H,27,28). The summed E-state index contributed by atoms with van der Waals surface area (Å²) in [5, 5.41) is 9.16. The Kier molecular flexibility index (Phi) is 4.17. The zero-order valence-electron chi connectivity index (χ0n) is 16.5. The monoisotopic (exact) mass is 403 g/mol. The maximum Gasteiger partial charge on any atom is 0.352 e. The fourth-order valence-electron chi connectivity index (χ4n) is 4.17. The Morgan fingerprint density at radius 1 is 1.07 bits per heavy atom. The molecular weight excluding hydrogens is 382 g/mol. The molecule has 1 saturated carbocycles. The number of carboxylic acid groups (broad SMARTS) is 1. The van der Waals surface area contributed by atoms with Crippen LogP contribution in [0.5, 0.6) is 11.5 Å². The second-order valence-corrected chi connectivity index (χ2v) is 8.01. The minimum absolute atomic E-state index is 0.144. The molecule has 0 spiro atoms. The quantitative estimate of drug-likeness (QED) is 0.642. The molecule has 1 aromatic heterocycles. The second-order valence-electron chi connectivity index (χ2n) is 8.01. The van der Waals surface area contributed by atoms with Crippen molar-refractivity contribution in [3.63, 3.8) is 0 Å². The van der Waals surface area contributed by atoms with Gasteiger partial charge in [-0.15, -0.1) is 0 Å². The summed E-state index contributed by atoms with van der Waals surface area (Å²) in [6, 6.07) is 13.3. The lowest BCUT2D eigenvalue weighted by atomic mass is 9.87. The van der Waals surface area contributed by atoms with Crippen molar-refractivity contribution in [3.05, 3.63) is 71.0 Å². The molecule has 2 N–H and O–H groups in total. The lowest BCUT2D eigenvalue weighted by Gasteiger charge is -2.16. The van der Waals surface area contributed by atoms with Crippen LogP contribution in [0.2, 0.25) is 0 Å². The lowest BCUT2D eigenvalue weighted by molar-refractivity contribution is -0.120. The molecule has 2 heterocycles. The topological polar surface area (TPSA) is 88.6 Å². The molecule has 0 radical (unpaired) electrons. The van der Waals surface area contributed by atoms with Crippen LogP contribution in [0.1, 0.15) is 40.0 Å². The van der Waals surface area contributed by atoms with E-state index in [-0.39, 0.29) is 18.3 Å². The molecule has 0 atom stereocenters. The predicted octanol–water partition coefficient (Wildman–Crippen LogP) is 4.26. The highest BCUT2D eigenvalue weighted by molar-refractivity contribution is 5.95. The summed E-state index contributed by atoms with van der Waals surface area (Å²) in [5.41, 5.74) is 4.36. The largest absolute Gasteiger partial charge is 0.477 e. The maximum absolute atomic E-state index is 13.3. The lowest BCUT2D eigenvalue weighted by Crippen LogP contribution is -2.22. The number of carbonyl (C=O) groups excluding carboxylic acids is 1. The van der Waals surface area contributed by atoms with Gasteiger partial charge in [-0.05, 0) is 60.2 Å². The highest BCUT2D eigenvalue weighted by Crippen LogP contribution is 2.51. The number of H-pyrrole nitrogens is 1. The smallest absolute Gasteiger partial charge is 0.352 e. The van der Waals surface area contributed by atoms with Crippen molar-refractivity contribution in [2.45, 2.75) is 31.6 Å². The van der Waals surface area contributed by atoms with E-state index in [1.54, 1.807) is 12.3 Å². The fraction of sp³-hybridized carbons (Fsp3) is 0.250. The van der Waals surface area contributed by atoms with E-state index in [0.29, 0.717) is 12.2 Å². The maximum atomic E-state index is 13.3. The van der Waals surface area contributed by atoms with Gasteiger partial charge in [-0.3, -0.25) is 4.79 Å². The van der Waals surface area contributed by atoms with E-state index in [2.05, 4.69) is 4.98 Å². The van der Waals surface area contributed by atoms with Gasteiger partial charge in [0.15, 0.2) is 11.5 Å². The highest BCUT2D eigenvalue weighted by atomic mass is 16.7. The van der Waals surface area contributed by atoms with Crippen LogP contribution < -0.4 is 9.47 Å². The zero-order valence-corrected chi connectivity index (χ0v) is 16.5. The molecular formula is C24H21NO5. The van der Waals surface area contributed by atoms with Crippen molar-refractivity contribution in [2.75, 3.05) is 6.79 Å². The van der Waals surface area contributed by atoms with E-state index in [1.807, 2.05) is 43.3 Å². The molecule has 0 amide bonds. The molecule has 1 aliphatic carbocycles. The Morgan fingerprint density at radius 2 is 1.87 bits per heavy atom. The zero-order chi connectivity index (χ0) is 20.9. The number of rotatable bonds is 6. The van der Waals surface area contributed by atoms with Crippen LogP contribution in [0.4, 0.5) is 0 Å². The van der Waals surface area contributed by atoms with Gasteiger partial charge in [0.1, 0.15) is 11.5 Å². The van der Waals surface area contributed by atoms with Gasteiger partial charge in [0.25, 0.3) is 0 Å². The van der Waals surface area contributed by atoms with Crippen molar-refractivity contribution < 1.29 is 24.2 Å². The summed E-state index contributed by atoms with van der Waals surface area (Å²) in [5.74, 6) is 0.615. The number of carboxylic acids is 1. The minimum Gasteiger partial charge on any atom is -0.477 e. The average molecular weight is 403 g/mol. The molecule has 3 aromatic rings. The van der Waals surface area contributed by atoms with Crippen LogP contribution in [0, 0.1) is 6.92 Å². The number of carbonyl (C=O) groups is 2. The van der Waals surface area contributed by atoms with Gasteiger partial charge in [-0.1, -0.05) is 24.3 Å². The van der Waals surface area contributed by atoms with Crippen LogP contribution >= 0.6 is 0 Å². The van der Waals surface area contributed by atoms with E-state index in [4.69, 9.17) is 14.6 Å². The van der Waals surface area contributed by atoms with Crippen LogP contribution in [0.15, 0.2) is 48.7 Å². The van der Waals surface area contributed by atoms with Gasteiger partial charge in [0, 0.05) is 18.2 Å². The molecule has 0 unspecified atom stereocenters. The number of hydrogen-bond donors (Lipinski definition) is 2. The van der Waals surface area contributed by atoms with Crippen LogP contribution in [-0.2, 0) is 16.6 Å². The first-order chi connectivity index (χ1) is 14.5. The minimum atomic E-state index is -0.996. The number of ether oxygens (including phenoxy) is 2. The van der Waals surface area contributed by atoms with E-state index in [9.17, 15) is 9.59 Å². The number of ketones is 1. The summed E-state index contributed by atoms with van der Waals surface area (Å²) < 4.78 is 10.9. The number of hydrogen-bond acceptors (Lipinski definition) is 4. The van der Waals surface area contributed by atoms with Crippen molar-refractivity contribution in [1.82, 2.24) is 4.98 Å². The number of fused-ring (bicyclic) bond motifs is 1. The number of Topliss-reactive ketones (excluding diaryl/α,β-unsaturated/α-hetero) is 1. The van der Waals surface area contributed by atoms with Crippen LogP contribution in [0.3, 0.4) is 0 Å². The molecule has 0 bridgehead atoms. The third-order valence-electron chi connectivity index (χ3n) is 6.10. The number of aromatic nitrogens is 1. The summed E-state index contributed by atoms with van der Waals surface area (Å²) >= 11 is 0. The van der Waals surface area contributed by atoms with Gasteiger partial charge >= 0.3 is 5.97 Å². The molecule has 6 heteroatoms. The third-order valence-corrected chi connectivity index (χ3v) is 6.10. The number of aryl methyl sites for hydroxylation is 1. The Balaban J connectivity index is 1.40. The van der Waals surface area contributed by atoms with E-state index in [1.165, 1.54) is 0 Å². The van der Waals surface area contributed by atoms with Crippen LogP contribution in [-0.4, -0.2) is 28.6 Å². The fourth-order valence-corrected chi connectivity index (χ4v) is 4.17. The summed E-state index contributed by atoms with van der Waals surface area (Å²) in [4.78, 5) is 27.2. The number of benzene rings is 2. The SMILES string of the molecule is Cc1ccc(CC(=O)C2(c3ccc4c(c3)OCO4)CC2)cc1-c1c[nH]c(C(=O)O)c1. The normalized spacial score (nSPS) is 15.8. The third kappa shape index (κ3) is 3.05. The van der Waals surface area contributed by atoms with Gasteiger partial charge in [0.2, 0.25) is 6.79 Å². The molecule has 1 aliphatic heterocycles. The van der Waals surface area contributed by atoms with Crippen molar-refractivity contribution in [3.8, 4) is 22.6 Å². The molecule has 30 heavy (non-hydrogen) atoms. The van der Waals surface area contributed by atoms with Crippen molar-refractivity contribution >= 4 is 11.8 Å². The van der Waals surface area contributed by atoms with Gasteiger partial charge in [0.05, 0.1) is 5.41 Å². The molecule has 2 aliphatic rings. The van der Waals surface area contributed by atoms with Gasteiger partial charge < -0.3 is 19.6 Å². The number of nitrogens with one attached hydrogen (secondary N) is 1. The Bertz CT molecular complexity index is 1170. The van der Waals surface area contributed by atoms with Crippen LogP contribution in [0.25, 0.3) is 11.1 Å².